The second-order valence-electron chi connectivity index (χ2n) is 5.86. The fraction of sp³-hybridized carbons (Fsp3) is 0.353. The van der Waals surface area contributed by atoms with Gasteiger partial charge in [-0.05, 0) is 54.5 Å². The van der Waals surface area contributed by atoms with Crippen LogP contribution in [0.2, 0.25) is 0 Å². The van der Waals surface area contributed by atoms with Crippen molar-refractivity contribution in [3.8, 4) is 11.1 Å². The minimum Gasteiger partial charge on any atom is -0.390 e. The molecule has 0 bridgehead atoms. The van der Waals surface area contributed by atoms with Gasteiger partial charge in [0.15, 0.2) is 0 Å². The van der Waals surface area contributed by atoms with E-state index in [2.05, 4.69) is 18.2 Å². The number of carbonyl (C=O) groups is 1. The maximum atomic E-state index is 11.6. The summed E-state index contributed by atoms with van der Waals surface area (Å²) in [6.07, 6.45) is 4.51. The Morgan fingerprint density at radius 3 is 2.95 bits per heavy atom. The molecule has 0 spiro atoms. The minimum atomic E-state index is 0.123. The smallest absolute Gasteiger partial charge is 0.223 e. The van der Waals surface area contributed by atoms with Crippen molar-refractivity contribution in [1.29, 1.82) is 0 Å². The molecule has 1 amide bonds. The van der Waals surface area contributed by atoms with Crippen LogP contribution in [0.4, 0.5) is 10.7 Å². The van der Waals surface area contributed by atoms with Gasteiger partial charge in [0.25, 0.3) is 0 Å². The van der Waals surface area contributed by atoms with Gasteiger partial charge < -0.3 is 10.6 Å². The third-order valence-corrected chi connectivity index (χ3v) is 5.71. The van der Waals surface area contributed by atoms with Gasteiger partial charge >= 0.3 is 0 Å². The standard InChI is InChI=1S/C17H18N2OS/c1-10(20)19-8-7-11-9-12(5-6-14(11)19)16-13-3-2-4-15(13)21-17(16)18/h5-6,9H,2-4,7-8,18H2,1H3. The van der Waals surface area contributed by atoms with Crippen molar-refractivity contribution in [2.24, 2.45) is 0 Å². The lowest BCUT2D eigenvalue weighted by atomic mass is 9.99. The lowest BCUT2D eigenvalue weighted by Crippen LogP contribution is -2.25. The van der Waals surface area contributed by atoms with E-state index in [0.717, 1.165) is 30.1 Å². The van der Waals surface area contributed by atoms with E-state index in [1.807, 2.05) is 4.90 Å². The summed E-state index contributed by atoms with van der Waals surface area (Å²) in [4.78, 5) is 15.0. The van der Waals surface area contributed by atoms with Gasteiger partial charge in [-0.15, -0.1) is 11.3 Å². The molecular weight excluding hydrogens is 280 g/mol. The van der Waals surface area contributed by atoms with E-state index in [9.17, 15) is 4.79 Å². The largest absolute Gasteiger partial charge is 0.390 e. The predicted octanol–water partition coefficient (Wildman–Crippen LogP) is 3.40. The van der Waals surface area contributed by atoms with Gasteiger partial charge in [0.1, 0.15) is 0 Å². The number of thiophene rings is 1. The third-order valence-electron chi connectivity index (χ3n) is 4.59. The quantitative estimate of drug-likeness (QED) is 0.877. The lowest BCUT2D eigenvalue weighted by Gasteiger charge is -2.15. The summed E-state index contributed by atoms with van der Waals surface area (Å²) in [7, 11) is 0. The van der Waals surface area contributed by atoms with Crippen molar-refractivity contribution in [1.82, 2.24) is 0 Å². The summed E-state index contributed by atoms with van der Waals surface area (Å²) in [5.41, 5.74) is 12.5. The Balaban J connectivity index is 1.80. The zero-order valence-electron chi connectivity index (χ0n) is 12.1. The molecule has 4 heteroatoms. The molecule has 2 N–H and O–H groups in total. The summed E-state index contributed by atoms with van der Waals surface area (Å²) in [5, 5.41) is 0.945. The first-order valence-electron chi connectivity index (χ1n) is 7.46. The van der Waals surface area contributed by atoms with Crippen molar-refractivity contribution in [3.63, 3.8) is 0 Å². The van der Waals surface area contributed by atoms with Crippen LogP contribution in [0.25, 0.3) is 11.1 Å². The lowest BCUT2D eigenvalue weighted by molar-refractivity contribution is -0.116. The van der Waals surface area contributed by atoms with Crippen LogP contribution < -0.4 is 10.6 Å². The fourth-order valence-electron chi connectivity index (χ4n) is 3.63. The molecule has 3 nitrogen and oxygen atoms in total. The van der Waals surface area contributed by atoms with Gasteiger partial charge in [-0.1, -0.05) is 6.07 Å². The van der Waals surface area contributed by atoms with E-state index >= 15 is 0 Å². The average Bonchev–Trinajstić information content (AvgIpc) is 3.10. The zero-order chi connectivity index (χ0) is 14.6. The van der Waals surface area contributed by atoms with Gasteiger partial charge in [-0.3, -0.25) is 4.79 Å². The van der Waals surface area contributed by atoms with Crippen LogP contribution in [-0.2, 0) is 24.1 Å². The highest BCUT2D eigenvalue weighted by Gasteiger charge is 2.25. The molecule has 0 fully saturated rings. The Morgan fingerprint density at radius 1 is 1.29 bits per heavy atom. The van der Waals surface area contributed by atoms with Crippen molar-refractivity contribution >= 4 is 27.9 Å². The second-order valence-corrected chi connectivity index (χ2v) is 7.00. The molecule has 2 heterocycles. The Hall–Kier alpha value is -1.81. The summed E-state index contributed by atoms with van der Waals surface area (Å²) in [6.45, 7) is 2.43. The molecule has 2 aliphatic rings. The Morgan fingerprint density at radius 2 is 2.14 bits per heavy atom. The number of nitrogen functional groups attached to an aromatic ring is 1. The Kier molecular flexibility index (Phi) is 2.82. The first-order valence-corrected chi connectivity index (χ1v) is 8.28. The molecule has 1 aromatic heterocycles. The number of aryl methyl sites for hydroxylation is 1. The summed E-state index contributed by atoms with van der Waals surface area (Å²) >= 11 is 1.75. The number of hydrogen-bond acceptors (Lipinski definition) is 3. The van der Waals surface area contributed by atoms with Crippen molar-refractivity contribution in [2.75, 3.05) is 17.2 Å². The van der Waals surface area contributed by atoms with Crippen molar-refractivity contribution in [2.45, 2.75) is 32.6 Å². The molecule has 4 rings (SSSR count). The molecule has 0 atom stereocenters. The first-order chi connectivity index (χ1) is 10.1. The maximum Gasteiger partial charge on any atom is 0.223 e. The van der Waals surface area contributed by atoms with Crippen LogP contribution in [-0.4, -0.2) is 12.5 Å². The van der Waals surface area contributed by atoms with Crippen LogP contribution >= 0.6 is 11.3 Å². The summed E-state index contributed by atoms with van der Waals surface area (Å²) in [5.74, 6) is 0.123. The number of carbonyl (C=O) groups excluding carboxylic acids is 1. The van der Waals surface area contributed by atoms with Crippen LogP contribution in [0.15, 0.2) is 18.2 Å². The number of nitrogens with zero attached hydrogens (tertiary/aromatic N) is 1. The molecule has 1 aliphatic carbocycles. The molecule has 108 valence electrons. The van der Waals surface area contributed by atoms with Crippen LogP contribution in [0.3, 0.4) is 0 Å². The van der Waals surface area contributed by atoms with E-state index in [0.29, 0.717) is 0 Å². The van der Waals surface area contributed by atoms with Gasteiger partial charge in [0.2, 0.25) is 5.91 Å². The molecule has 2 aromatic rings. The van der Waals surface area contributed by atoms with E-state index in [1.165, 1.54) is 40.0 Å². The van der Waals surface area contributed by atoms with Gasteiger partial charge in [0.05, 0.1) is 5.00 Å². The monoisotopic (exact) mass is 298 g/mol. The predicted molar refractivity (Wildman–Crippen MR) is 87.9 cm³/mol. The number of anilines is 2. The number of hydrogen-bond donors (Lipinski definition) is 1. The van der Waals surface area contributed by atoms with E-state index < -0.39 is 0 Å². The number of rotatable bonds is 1. The number of fused-ring (bicyclic) bond motifs is 2. The SMILES string of the molecule is CC(=O)N1CCc2cc(-c3c(N)sc4c3CCC4)ccc21. The molecular formula is C17H18N2OS. The van der Waals surface area contributed by atoms with Gasteiger partial charge in [-0.25, -0.2) is 0 Å². The number of nitrogens with two attached hydrogens (primary N) is 1. The van der Waals surface area contributed by atoms with Crippen molar-refractivity contribution in [3.05, 3.63) is 34.2 Å². The van der Waals surface area contributed by atoms with Gasteiger partial charge in [0, 0.05) is 29.6 Å². The Bertz CT molecular complexity index is 747. The molecule has 0 radical (unpaired) electrons. The van der Waals surface area contributed by atoms with E-state index in [4.69, 9.17) is 5.73 Å². The van der Waals surface area contributed by atoms with E-state index in [-0.39, 0.29) is 5.91 Å². The topological polar surface area (TPSA) is 46.3 Å². The second kappa shape index (κ2) is 4.60. The highest BCUT2D eigenvalue weighted by atomic mass is 32.1. The average molecular weight is 298 g/mol. The Labute approximate surface area is 128 Å². The highest BCUT2D eigenvalue weighted by Crippen LogP contribution is 2.44. The summed E-state index contributed by atoms with van der Waals surface area (Å²) < 4.78 is 0. The normalized spacial score (nSPS) is 16.1. The third kappa shape index (κ3) is 1.89. The maximum absolute atomic E-state index is 11.6. The molecule has 0 unspecified atom stereocenters. The van der Waals surface area contributed by atoms with Crippen LogP contribution in [0.5, 0.6) is 0 Å². The van der Waals surface area contributed by atoms with Crippen LogP contribution in [0.1, 0.15) is 29.3 Å². The zero-order valence-corrected chi connectivity index (χ0v) is 12.9. The molecule has 0 saturated heterocycles. The van der Waals surface area contributed by atoms with Crippen molar-refractivity contribution < 1.29 is 4.79 Å². The number of benzene rings is 1. The molecule has 0 saturated carbocycles. The number of amides is 1. The molecule has 21 heavy (non-hydrogen) atoms. The summed E-state index contributed by atoms with van der Waals surface area (Å²) in [6, 6.07) is 6.43. The van der Waals surface area contributed by atoms with Crippen LogP contribution in [0, 0.1) is 0 Å². The molecule has 1 aliphatic heterocycles. The van der Waals surface area contributed by atoms with Gasteiger partial charge in [-0.2, -0.15) is 0 Å². The highest BCUT2D eigenvalue weighted by molar-refractivity contribution is 7.16. The first kappa shape index (κ1) is 12.9. The fourth-order valence-corrected chi connectivity index (χ4v) is 4.81. The minimum absolute atomic E-state index is 0.123. The van der Waals surface area contributed by atoms with E-state index in [1.54, 1.807) is 18.3 Å². The molecule has 1 aromatic carbocycles.